The van der Waals surface area contributed by atoms with Crippen molar-refractivity contribution in [3.63, 3.8) is 0 Å². The van der Waals surface area contributed by atoms with Gasteiger partial charge in [-0.05, 0) is 49.8 Å². The van der Waals surface area contributed by atoms with Gasteiger partial charge in [0.05, 0.1) is 0 Å². The van der Waals surface area contributed by atoms with E-state index in [0.717, 1.165) is 38.3 Å². The average molecular weight is 287 g/mol. The molecular formula is C19H29NO. The van der Waals surface area contributed by atoms with Crippen molar-refractivity contribution < 1.29 is 4.79 Å². The molecule has 1 saturated carbocycles. The molecule has 1 aromatic carbocycles. The number of rotatable bonds is 5. The van der Waals surface area contributed by atoms with Gasteiger partial charge in [0, 0.05) is 25.4 Å². The number of carbonyl (C=O) groups excluding carboxylic acids is 1. The van der Waals surface area contributed by atoms with Gasteiger partial charge in [0.15, 0.2) is 0 Å². The Balaban J connectivity index is 1.93. The lowest BCUT2D eigenvalue weighted by Gasteiger charge is -2.33. The van der Waals surface area contributed by atoms with E-state index in [2.05, 4.69) is 57.0 Å². The van der Waals surface area contributed by atoms with Crippen molar-refractivity contribution in [2.75, 3.05) is 13.6 Å². The fourth-order valence-electron chi connectivity index (χ4n) is 3.45. The fourth-order valence-corrected chi connectivity index (χ4v) is 3.45. The number of aryl methyl sites for hydroxylation is 1. The van der Waals surface area contributed by atoms with Gasteiger partial charge < -0.3 is 4.90 Å². The van der Waals surface area contributed by atoms with Crippen LogP contribution in [0.2, 0.25) is 0 Å². The second kappa shape index (κ2) is 7.22. The molecular weight excluding hydrogens is 258 g/mol. The number of benzene rings is 1. The van der Waals surface area contributed by atoms with E-state index in [1.54, 1.807) is 0 Å². The van der Waals surface area contributed by atoms with Crippen LogP contribution in [0.4, 0.5) is 0 Å². The number of hydrogen-bond acceptors (Lipinski definition) is 2. The summed E-state index contributed by atoms with van der Waals surface area (Å²) in [5.41, 5.74) is 2.70. The molecule has 2 rings (SSSR count). The summed E-state index contributed by atoms with van der Waals surface area (Å²) in [5.74, 6) is 2.13. The molecule has 0 amide bonds. The van der Waals surface area contributed by atoms with Crippen LogP contribution in [-0.4, -0.2) is 24.3 Å². The van der Waals surface area contributed by atoms with Crippen LogP contribution in [0.3, 0.4) is 0 Å². The third-order valence-corrected chi connectivity index (χ3v) is 4.98. The molecule has 0 aromatic heterocycles. The predicted molar refractivity (Wildman–Crippen MR) is 88.2 cm³/mol. The van der Waals surface area contributed by atoms with Crippen LogP contribution in [0, 0.1) is 24.7 Å². The maximum atomic E-state index is 12.2. The molecule has 0 saturated heterocycles. The fraction of sp³-hybridized carbons (Fsp3) is 0.632. The van der Waals surface area contributed by atoms with Gasteiger partial charge in [-0.15, -0.1) is 0 Å². The molecule has 1 fully saturated rings. The van der Waals surface area contributed by atoms with Crippen molar-refractivity contribution in [3.8, 4) is 0 Å². The summed E-state index contributed by atoms with van der Waals surface area (Å²) in [7, 11) is 2.14. The van der Waals surface area contributed by atoms with Gasteiger partial charge in [-0.25, -0.2) is 0 Å². The maximum absolute atomic E-state index is 12.2. The monoisotopic (exact) mass is 287 g/mol. The zero-order chi connectivity index (χ0) is 15.4. The van der Waals surface area contributed by atoms with Crippen molar-refractivity contribution in [1.29, 1.82) is 0 Å². The minimum atomic E-state index is 0.236. The zero-order valence-corrected chi connectivity index (χ0v) is 13.9. The number of hydrogen-bond donors (Lipinski definition) is 0. The van der Waals surface area contributed by atoms with Crippen LogP contribution < -0.4 is 0 Å². The van der Waals surface area contributed by atoms with Gasteiger partial charge in [0.25, 0.3) is 0 Å². The second-order valence-electron chi connectivity index (χ2n) is 7.06. The Hall–Kier alpha value is -1.15. The summed E-state index contributed by atoms with van der Waals surface area (Å²) in [6, 6.07) is 8.52. The van der Waals surface area contributed by atoms with Gasteiger partial charge in [-0.1, -0.05) is 38.1 Å². The average Bonchev–Trinajstić information content (AvgIpc) is 2.43. The van der Waals surface area contributed by atoms with Crippen LogP contribution in [-0.2, 0) is 11.3 Å². The van der Waals surface area contributed by atoms with Crippen molar-refractivity contribution in [2.24, 2.45) is 17.8 Å². The molecule has 2 nitrogen and oxygen atoms in total. The Kier molecular flexibility index (Phi) is 5.58. The molecule has 1 aromatic rings. The summed E-state index contributed by atoms with van der Waals surface area (Å²) in [4.78, 5) is 14.5. The van der Waals surface area contributed by atoms with E-state index in [0.29, 0.717) is 11.7 Å². The normalized spacial score (nSPS) is 23.0. The lowest BCUT2D eigenvalue weighted by Crippen LogP contribution is -2.35. The first kappa shape index (κ1) is 16.2. The lowest BCUT2D eigenvalue weighted by atomic mass is 9.75. The number of ketones is 1. The topological polar surface area (TPSA) is 20.3 Å². The molecule has 21 heavy (non-hydrogen) atoms. The van der Waals surface area contributed by atoms with Crippen LogP contribution in [0.5, 0.6) is 0 Å². The summed E-state index contributed by atoms with van der Waals surface area (Å²) < 4.78 is 0. The third kappa shape index (κ3) is 4.41. The molecule has 0 radical (unpaired) electrons. The van der Waals surface area contributed by atoms with Crippen LogP contribution in [0.25, 0.3) is 0 Å². The highest BCUT2D eigenvalue weighted by Gasteiger charge is 2.30. The van der Waals surface area contributed by atoms with E-state index in [9.17, 15) is 4.79 Å². The maximum Gasteiger partial charge on any atom is 0.137 e. The summed E-state index contributed by atoms with van der Waals surface area (Å²) in [5, 5.41) is 0. The summed E-state index contributed by atoms with van der Waals surface area (Å²) in [6.07, 6.45) is 2.95. The number of Topliss-reactive ketones (excluding diaryl/α,β-unsaturated/α-hetero) is 1. The SMILES string of the molecule is Cc1ccccc1CN(C)CC1CC(C(C)C)CCC1=O. The highest BCUT2D eigenvalue weighted by atomic mass is 16.1. The van der Waals surface area contributed by atoms with Gasteiger partial charge in [0.2, 0.25) is 0 Å². The molecule has 2 unspecified atom stereocenters. The summed E-state index contributed by atoms with van der Waals surface area (Å²) in [6.45, 7) is 8.56. The minimum Gasteiger partial charge on any atom is -0.301 e. The molecule has 116 valence electrons. The lowest BCUT2D eigenvalue weighted by molar-refractivity contribution is -0.126. The van der Waals surface area contributed by atoms with Crippen molar-refractivity contribution >= 4 is 5.78 Å². The molecule has 0 bridgehead atoms. The largest absolute Gasteiger partial charge is 0.301 e. The van der Waals surface area contributed by atoms with E-state index >= 15 is 0 Å². The highest BCUT2D eigenvalue weighted by Crippen LogP contribution is 2.32. The Labute approximate surface area is 129 Å². The molecule has 0 spiro atoms. The quantitative estimate of drug-likeness (QED) is 0.813. The first-order valence-corrected chi connectivity index (χ1v) is 8.23. The van der Waals surface area contributed by atoms with E-state index in [1.807, 2.05) is 0 Å². The minimum absolute atomic E-state index is 0.236. The second-order valence-corrected chi connectivity index (χ2v) is 7.06. The van der Waals surface area contributed by atoms with Crippen molar-refractivity contribution in [2.45, 2.75) is 46.6 Å². The Morgan fingerprint density at radius 1 is 1.29 bits per heavy atom. The number of nitrogens with zero attached hydrogens (tertiary/aromatic N) is 1. The molecule has 0 heterocycles. The summed E-state index contributed by atoms with van der Waals surface area (Å²) >= 11 is 0. The molecule has 1 aliphatic carbocycles. The van der Waals surface area contributed by atoms with E-state index in [1.165, 1.54) is 11.1 Å². The Morgan fingerprint density at radius 2 is 2.00 bits per heavy atom. The molecule has 0 N–H and O–H groups in total. The zero-order valence-electron chi connectivity index (χ0n) is 13.9. The Morgan fingerprint density at radius 3 is 2.67 bits per heavy atom. The standard InChI is InChI=1S/C19H29NO/c1-14(2)16-9-10-19(21)18(11-16)13-20(4)12-17-8-6-5-7-15(17)3/h5-8,14,16,18H,9-13H2,1-4H3. The predicted octanol–water partition coefficient (Wildman–Crippen LogP) is 4.07. The molecule has 0 aliphatic heterocycles. The van der Waals surface area contributed by atoms with Gasteiger partial charge in [0.1, 0.15) is 5.78 Å². The van der Waals surface area contributed by atoms with Gasteiger partial charge >= 0.3 is 0 Å². The van der Waals surface area contributed by atoms with Crippen LogP contribution >= 0.6 is 0 Å². The molecule has 2 heteroatoms. The van der Waals surface area contributed by atoms with Crippen molar-refractivity contribution in [3.05, 3.63) is 35.4 Å². The first-order valence-electron chi connectivity index (χ1n) is 8.23. The van der Waals surface area contributed by atoms with Gasteiger partial charge in [-0.2, -0.15) is 0 Å². The van der Waals surface area contributed by atoms with E-state index in [-0.39, 0.29) is 5.92 Å². The smallest absolute Gasteiger partial charge is 0.137 e. The number of carbonyl (C=O) groups is 1. The third-order valence-electron chi connectivity index (χ3n) is 4.98. The first-order chi connectivity index (χ1) is 9.97. The van der Waals surface area contributed by atoms with Gasteiger partial charge in [-0.3, -0.25) is 4.79 Å². The van der Waals surface area contributed by atoms with Crippen LogP contribution in [0.1, 0.15) is 44.2 Å². The van der Waals surface area contributed by atoms with E-state index < -0.39 is 0 Å². The Bertz CT molecular complexity index is 480. The van der Waals surface area contributed by atoms with Crippen LogP contribution in [0.15, 0.2) is 24.3 Å². The highest BCUT2D eigenvalue weighted by molar-refractivity contribution is 5.82. The molecule has 1 aliphatic rings. The van der Waals surface area contributed by atoms with E-state index in [4.69, 9.17) is 0 Å². The molecule has 2 atom stereocenters. The van der Waals surface area contributed by atoms with Crippen molar-refractivity contribution in [1.82, 2.24) is 4.90 Å².